The van der Waals surface area contributed by atoms with Crippen LogP contribution in [0.1, 0.15) is 0 Å². The van der Waals surface area contributed by atoms with Crippen LogP contribution in [0.25, 0.3) is 11.5 Å². The molecule has 0 radical (unpaired) electrons. The van der Waals surface area contributed by atoms with Gasteiger partial charge in [0.2, 0.25) is 5.89 Å². The topological polar surface area (TPSA) is 48.2 Å². The number of ether oxygens (including phenoxy) is 1. The molecule has 0 saturated heterocycles. The molecule has 118 valence electrons. The van der Waals surface area contributed by atoms with E-state index in [9.17, 15) is 0 Å². The van der Waals surface area contributed by atoms with Crippen LogP contribution in [0.5, 0.6) is 5.75 Å². The molecule has 23 heavy (non-hydrogen) atoms. The molecule has 1 heterocycles. The van der Waals surface area contributed by atoms with E-state index in [0.717, 1.165) is 15.8 Å². The highest BCUT2D eigenvalue weighted by molar-refractivity contribution is 9.10. The van der Waals surface area contributed by atoms with Crippen molar-refractivity contribution in [3.05, 3.63) is 58.0 Å². The van der Waals surface area contributed by atoms with Gasteiger partial charge in [-0.2, -0.15) is 0 Å². The number of hydrogen-bond acceptors (Lipinski definition) is 5. The van der Waals surface area contributed by atoms with Crippen molar-refractivity contribution in [3.63, 3.8) is 0 Å². The van der Waals surface area contributed by atoms with Gasteiger partial charge in [-0.25, -0.2) is 0 Å². The van der Waals surface area contributed by atoms with Crippen LogP contribution in [-0.2, 0) is 0 Å². The Balaban J connectivity index is 1.52. The van der Waals surface area contributed by atoms with Crippen LogP contribution in [0.3, 0.4) is 0 Å². The van der Waals surface area contributed by atoms with Gasteiger partial charge in [-0.05, 0) is 52.3 Å². The smallest absolute Gasteiger partial charge is 0.276 e. The minimum atomic E-state index is 0.499. The first kappa shape index (κ1) is 16.4. The summed E-state index contributed by atoms with van der Waals surface area (Å²) in [5.74, 6) is 1.99. The Morgan fingerprint density at radius 2 is 1.87 bits per heavy atom. The van der Waals surface area contributed by atoms with Crippen molar-refractivity contribution >= 4 is 39.3 Å². The van der Waals surface area contributed by atoms with Gasteiger partial charge in [0.1, 0.15) is 5.75 Å². The summed E-state index contributed by atoms with van der Waals surface area (Å²) in [7, 11) is 0. The second-order valence-electron chi connectivity index (χ2n) is 4.50. The molecular formula is C16H12BrClN2O2S. The van der Waals surface area contributed by atoms with Crippen LogP contribution in [-0.4, -0.2) is 22.6 Å². The Morgan fingerprint density at radius 3 is 2.65 bits per heavy atom. The number of thioether (sulfide) groups is 1. The van der Waals surface area contributed by atoms with Gasteiger partial charge in [0, 0.05) is 15.2 Å². The van der Waals surface area contributed by atoms with Crippen molar-refractivity contribution in [2.24, 2.45) is 0 Å². The molecule has 0 unspecified atom stereocenters. The molecule has 7 heteroatoms. The highest BCUT2D eigenvalue weighted by atomic mass is 79.9. The summed E-state index contributed by atoms with van der Waals surface area (Å²) >= 11 is 10.8. The largest absolute Gasteiger partial charge is 0.493 e. The Labute approximate surface area is 151 Å². The number of benzene rings is 2. The van der Waals surface area contributed by atoms with Crippen LogP contribution < -0.4 is 4.74 Å². The van der Waals surface area contributed by atoms with E-state index in [4.69, 9.17) is 20.8 Å². The van der Waals surface area contributed by atoms with E-state index in [1.165, 1.54) is 11.8 Å². The molecule has 0 atom stereocenters. The zero-order valence-electron chi connectivity index (χ0n) is 11.9. The van der Waals surface area contributed by atoms with Gasteiger partial charge in [0.05, 0.1) is 12.2 Å². The first-order valence-corrected chi connectivity index (χ1v) is 8.97. The number of halogens is 2. The summed E-state index contributed by atoms with van der Waals surface area (Å²) in [4.78, 5) is 0. The Morgan fingerprint density at radius 1 is 1.09 bits per heavy atom. The molecule has 3 rings (SSSR count). The molecule has 0 aliphatic heterocycles. The van der Waals surface area contributed by atoms with Gasteiger partial charge < -0.3 is 9.15 Å². The second kappa shape index (κ2) is 7.86. The Bertz CT molecular complexity index is 780. The van der Waals surface area contributed by atoms with Crippen molar-refractivity contribution in [1.82, 2.24) is 10.2 Å². The van der Waals surface area contributed by atoms with Gasteiger partial charge in [-0.1, -0.05) is 35.5 Å². The van der Waals surface area contributed by atoms with Crippen LogP contribution in [0.4, 0.5) is 0 Å². The maximum absolute atomic E-state index is 5.83. The van der Waals surface area contributed by atoms with Gasteiger partial charge in [-0.3, -0.25) is 0 Å². The van der Waals surface area contributed by atoms with E-state index in [-0.39, 0.29) is 0 Å². The fourth-order valence-electron chi connectivity index (χ4n) is 1.83. The number of rotatable bonds is 6. The Kier molecular flexibility index (Phi) is 5.59. The lowest BCUT2D eigenvalue weighted by atomic mass is 10.2. The maximum Gasteiger partial charge on any atom is 0.276 e. The molecular weight excluding hydrogens is 400 g/mol. The summed E-state index contributed by atoms with van der Waals surface area (Å²) in [6.45, 7) is 0.541. The lowest BCUT2D eigenvalue weighted by molar-refractivity contribution is 0.343. The SMILES string of the molecule is Clc1ccc(OCCSc2nnc(-c3ccccc3Br)o2)cc1. The van der Waals surface area contributed by atoms with E-state index in [2.05, 4.69) is 26.1 Å². The summed E-state index contributed by atoms with van der Waals surface area (Å²) < 4.78 is 12.2. The van der Waals surface area contributed by atoms with E-state index >= 15 is 0 Å². The Hall–Kier alpha value is -1.50. The van der Waals surface area contributed by atoms with Crippen LogP contribution in [0.15, 0.2) is 62.6 Å². The van der Waals surface area contributed by atoms with E-state index in [1.807, 2.05) is 36.4 Å². The van der Waals surface area contributed by atoms with Crippen molar-refractivity contribution in [2.75, 3.05) is 12.4 Å². The standard InChI is InChI=1S/C16H12BrClN2O2S/c17-14-4-2-1-3-13(14)15-19-20-16(22-15)23-10-9-21-12-7-5-11(18)6-8-12/h1-8H,9-10H2. The average molecular weight is 412 g/mol. The summed E-state index contributed by atoms with van der Waals surface area (Å²) in [5.41, 5.74) is 0.879. The maximum atomic E-state index is 5.83. The highest BCUT2D eigenvalue weighted by Gasteiger charge is 2.11. The zero-order chi connectivity index (χ0) is 16.1. The molecule has 0 aliphatic carbocycles. The molecule has 0 aliphatic rings. The van der Waals surface area contributed by atoms with Crippen LogP contribution in [0.2, 0.25) is 5.02 Å². The normalized spacial score (nSPS) is 10.7. The lowest BCUT2D eigenvalue weighted by Crippen LogP contribution is -1.99. The predicted octanol–water partition coefficient (Wildman–Crippen LogP) is 5.32. The zero-order valence-corrected chi connectivity index (χ0v) is 15.1. The molecule has 3 aromatic rings. The van der Waals surface area contributed by atoms with Gasteiger partial charge in [0.25, 0.3) is 5.22 Å². The van der Waals surface area contributed by atoms with Gasteiger partial charge >= 0.3 is 0 Å². The lowest BCUT2D eigenvalue weighted by Gasteiger charge is -2.04. The molecule has 0 bridgehead atoms. The highest BCUT2D eigenvalue weighted by Crippen LogP contribution is 2.28. The minimum Gasteiger partial charge on any atom is -0.493 e. The molecule has 0 fully saturated rings. The van der Waals surface area contributed by atoms with E-state index < -0.39 is 0 Å². The monoisotopic (exact) mass is 410 g/mol. The second-order valence-corrected chi connectivity index (χ2v) is 6.84. The molecule has 2 aromatic carbocycles. The quantitative estimate of drug-likeness (QED) is 0.405. The van der Waals surface area contributed by atoms with Gasteiger partial charge in [0.15, 0.2) is 0 Å². The average Bonchev–Trinajstić information content (AvgIpc) is 3.02. The minimum absolute atomic E-state index is 0.499. The summed E-state index contributed by atoms with van der Waals surface area (Å²) in [6.07, 6.45) is 0. The molecule has 0 saturated carbocycles. The first-order valence-electron chi connectivity index (χ1n) is 6.82. The third kappa shape index (κ3) is 4.50. The van der Waals surface area contributed by atoms with E-state index in [0.29, 0.717) is 28.5 Å². The predicted molar refractivity (Wildman–Crippen MR) is 95.1 cm³/mol. The molecule has 1 aromatic heterocycles. The van der Waals surface area contributed by atoms with Crippen LogP contribution >= 0.6 is 39.3 Å². The van der Waals surface area contributed by atoms with Crippen molar-refractivity contribution in [2.45, 2.75) is 5.22 Å². The number of nitrogens with zero attached hydrogens (tertiary/aromatic N) is 2. The number of hydrogen-bond donors (Lipinski definition) is 0. The fourth-order valence-corrected chi connectivity index (χ4v) is 2.99. The third-order valence-corrected chi connectivity index (χ3v) is 4.63. The molecule has 4 nitrogen and oxygen atoms in total. The summed E-state index contributed by atoms with van der Waals surface area (Å²) in [6, 6.07) is 15.0. The first-order chi connectivity index (χ1) is 11.2. The van der Waals surface area contributed by atoms with Gasteiger partial charge in [-0.15, -0.1) is 10.2 Å². The van der Waals surface area contributed by atoms with Crippen LogP contribution in [0, 0.1) is 0 Å². The molecule has 0 spiro atoms. The molecule has 0 amide bonds. The van der Waals surface area contributed by atoms with Crippen molar-refractivity contribution in [3.8, 4) is 17.2 Å². The molecule has 0 N–H and O–H groups in total. The van der Waals surface area contributed by atoms with Crippen molar-refractivity contribution < 1.29 is 9.15 Å². The van der Waals surface area contributed by atoms with E-state index in [1.54, 1.807) is 12.1 Å². The number of aromatic nitrogens is 2. The third-order valence-electron chi connectivity index (χ3n) is 2.90. The fraction of sp³-hybridized carbons (Fsp3) is 0.125. The van der Waals surface area contributed by atoms with Crippen molar-refractivity contribution in [1.29, 1.82) is 0 Å². The summed E-state index contributed by atoms with van der Waals surface area (Å²) in [5, 5.41) is 9.33.